The number of carbonyl (C=O) groups excluding carboxylic acids is 2. The van der Waals surface area contributed by atoms with Gasteiger partial charge in [0.25, 0.3) is 17.5 Å². The number of benzene rings is 4. The van der Waals surface area contributed by atoms with Crippen LogP contribution < -0.4 is 10.2 Å². The molecule has 5 aromatic rings. The average Bonchev–Trinajstić information content (AvgIpc) is 3.39. The molecule has 6 rings (SSSR count). The summed E-state index contributed by atoms with van der Waals surface area (Å²) in [7, 11) is 0. The summed E-state index contributed by atoms with van der Waals surface area (Å²) < 4.78 is 16.0. The Morgan fingerprint density at radius 1 is 0.791 bits per heavy atom. The maximum Gasteiger partial charge on any atom is 0.270 e. The number of amides is 2. The van der Waals surface area contributed by atoms with Crippen molar-refractivity contribution >= 4 is 46.6 Å². The zero-order chi connectivity index (χ0) is 30.1. The van der Waals surface area contributed by atoms with Crippen LogP contribution in [-0.2, 0) is 9.59 Å². The lowest BCUT2D eigenvalue weighted by molar-refractivity contribution is -0.384. The SMILES string of the molecule is O=C1NC(=S)N(c2cccc(F)c2)C(=O)/C1=C\c1cc(-c2ccccc2)n(-c2ccc([N+](=O)[O-])cc2)c1-c1ccccc1. The third kappa shape index (κ3) is 5.22. The molecule has 8 nitrogen and oxygen atoms in total. The molecule has 0 bridgehead atoms. The summed E-state index contributed by atoms with van der Waals surface area (Å²) in [4.78, 5) is 38.9. The van der Waals surface area contributed by atoms with E-state index in [9.17, 15) is 24.1 Å². The number of anilines is 1. The second-order valence-corrected chi connectivity index (χ2v) is 10.00. The Morgan fingerprint density at radius 2 is 1.44 bits per heavy atom. The number of aromatic nitrogens is 1. The molecule has 43 heavy (non-hydrogen) atoms. The zero-order valence-electron chi connectivity index (χ0n) is 22.3. The molecule has 1 aliphatic rings. The van der Waals surface area contributed by atoms with Gasteiger partial charge in [-0.05, 0) is 65.8 Å². The van der Waals surface area contributed by atoms with Crippen LogP contribution in [0.3, 0.4) is 0 Å². The number of nitro benzene ring substituents is 1. The van der Waals surface area contributed by atoms with Gasteiger partial charge in [0.1, 0.15) is 11.4 Å². The molecule has 210 valence electrons. The number of rotatable bonds is 6. The summed E-state index contributed by atoms with van der Waals surface area (Å²) in [6.45, 7) is 0. The van der Waals surface area contributed by atoms with E-state index in [0.717, 1.165) is 27.8 Å². The first kappa shape index (κ1) is 27.4. The van der Waals surface area contributed by atoms with Crippen LogP contribution in [0, 0.1) is 15.9 Å². The third-order valence-electron chi connectivity index (χ3n) is 6.93. The van der Waals surface area contributed by atoms with E-state index in [1.807, 2.05) is 71.3 Å². The average molecular weight is 589 g/mol. The molecule has 1 aliphatic heterocycles. The normalized spacial score (nSPS) is 14.2. The molecule has 4 aromatic carbocycles. The highest BCUT2D eigenvalue weighted by atomic mass is 32.1. The van der Waals surface area contributed by atoms with Crippen LogP contribution in [0.2, 0.25) is 0 Å². The largest absolute Gasteiger partial charge is 0.309 e. The molecule has 2 heterocycles. The van der Waals surface area contributed by atoms with Gasteiger partial charge in [-0.3, -0.25) is 29.9 Å². The van der Waals surface area contributed by atoms with Crippen LogP contribution in [0.5, 0.6) is 0 Å². The first-order chi connectivity index (χ1) is 20.8. The van der Waals surface area contributed by atoms with E-state index in [-0.39, 0.29) is 22.1 Å². The van der Waals surface area contributed by atoms with E-state index in [2.05, 4.69) is 5.32 Å². The number of non-ortho nitro benzene ring substituents is 1. The fraction of sp³-hybridized carbons (Fsp3) is 0. The first-order valence-electron chi connectivity index (χ1n) is 13.1. The lowest BCUT2D eigenvalue weighted by atomic mass is 10.0. The van der Waals surface area contributed by atoms with E-state index in [1.165, 1.54) is 36.4 Å². The summed E-state index contributed by atoms with van der Waals surface area (Å²) in [6.07, 6.45) is 1.49. The number of halogens is 1. The number of hydrogen-bond acceptors (Lipinski definition) is 5. The summed E-state index contributed by atoms with van der Waals surface area (Å²) in [5.41, 5.74) is 4.07. The molecule has 2 amide bonds. The number of nitrogens with zero attached hydrogens (tertiary/aromatic N) is 3. The molecule has 10 heteroatoms. The van der Waals surface area contributed by atoms with E-state index in [0.29, 0.717) is 16.9 Å². The van der Waals surface area contributed by atoms with Crippen molar-refractivity contribution in [2.45, 2.75) is 0 Å². The van der Waals surface area contributed by atoms with Crippen molar-refractivity contribution in [3.8, 4) is 28.2 Å². The van der Waals surface area contributed by atoms with Crippen molar-refractivity contribution < 1.29 is 18.9 Å². The van der Waals surface area contributed by atoms with E-state index >= 15 is 0 Å². The lowest BCUT2D eigenvalue weighted by Gasteiger charge is -2.29. The van der Waals surface area contributed by atoms with Crippen LogP contribution in [-0.4, -0.2) is 26.4 Å². The summed E-state index contributed by atoms with van der Waals surface area (Å²) in [6, 6.07) is 32.3. The molecule has 0 spiro atoms. The van der Waals surface area contributed by atoms with Crippen LogP contribution in [0.15, 0.2) is 121 Å². The van der Waals surface area contributed by atoms with Crippen molar-refractivity contribution in [2.24, 2.45) is 0 Å². The van der Waals surface area contributed by atoms with Gasteiger partial charge >= 0.3 is 0 Å². The Morgan fingerprint density at radius 3 is 2.07 bits per heavy atom. The lowest BCUT2D eigenvalue weighted by Crippen LogP contribution is -2.54. The Bertz CT molecular complexity index is 1940. The van der Waals surface area contributed by atoms with Crippen LogP contribution in [0.4, 0.5) is 15.8 Å². The number of thiocarbonyl (C=S) groups is 1. The van der Waals surface area contributed by atoms with Crippen LogP contribution in [0.25, 0.3) is 34.3 Å². The van der Waals surface area contributed by atoms with Gasteiger partial charge in [0.2, 0.25) is 0 Å². The fourth-order valence-corrected chi connectivity index (χ4v) is 5.29. The number of nitro groups is 1. The number of hydrogen-bond donors (Lipinski definition) is 1. The van der Waals surface area contributed by atoms with Crippen LogP contribution in [0.1, 0.15) is 5.56 Å². The second-order valence-electron chi connectivity index (χ2n) is 9.61. The van der Waals surface area contributed by atoms with E-state index < -0.39 is 22.6 Å². The summed E-state index contributed by atoms with van der Waals surface area (Å²) >= 11 is 5.28. The smallest absolute Gasteiger partial charge is 0.270 e. The molecule has 1 saturated heterocycles. The molecule has 1 aromatic heterocycles. The quantitative estimate of drug-likeness (QED) is 0.0784. The molecular formula is C33H21FN4O4S. The Kier molecular flexibility index (Phi) is 7.19. The topological polar surface area (TPSA) is 97.5 Å². The molecule has 0 aliphatic carbocycles. The third-order valence-corrected chi connectivity index (χ3v) is 7.22. The van der Waals surface area contributed by atoms with E-state index in [1.54, 1.807) is 12.1 Å². The first-order valence-corrected chi connectivity index (χ1v) is 13.5. The maximum absolute atomic E-state index is 14.1. The highest BCUT2D eigenvalue weighted by Crippen LogP contribution is 2.38. The van der Waals surface area contributed by atoms with Gasteiger partial charge in [-0.1, -0.05) is 66.7 Å². The van der Waals surface area contributed by atoms with Gasteiger partial charge in [-0.15, -0.1) is 0 Å². The highest BCUT2D eigenvalue weighted by molar-refractivity contribution is 7.80. The van der Waals surface area contributed by atoms with Crippen molar-refractivity contribution in [1.29, 1.82) is 0 Å². The summed E-state index contributed by atoms with van der Waals surface area (Å²) in [5, 5.41) is 13.8. The van der Waals surface area contributed by atoms with Gasteiger partial charge in [-0.25, -0.2) is 4.39 Å². The van der Waals surface area contributed by atoms with Gasteiger partial charge in [0.05, 0.1) is 22.0 Å². The van der Waals surface area contributed by atoms with E-state index in [4.69, 9.17) is 12.2 Å². The maximum atomic E-state index is 14.1. The monoisotopic (exact) mass is 588 g/mol. The molecule has 0 atom stereocenters. The van der Waals surface area contributed by atoms with Gasteiger partial charge in [0, 0.05) is 23.4 Å². The molecule has 1 fully saturated rings. The molecule has 0 saturated carbocycles. The molecule has 0 unspecified atom stereocenters. The molecule has 1 N–H and O–H groups in total. The Balaban J connectivity index is 1.60. The Labute approximate surface area is 250 Å². The second kappa shape index (κ2) is 11.3. The van der Waals surface area contributed by atoms with Crippen molar-refractivity contribution in [3.63, 3.8) is 0 Å². The van der Waals surface area contributed by atoms with Gasteiger partial charge in [-0.2, -0.15) is 0 Å². The standard InChI is InChI=1S/C33H21FN4O4S/c34-24-12-7-13-27(20-24)37-32(40)28(31(39)35-33(37)43)18-23-19-29(21-8-3-1-4-9-21)36(30(23)22-10-5-2-6-11-22)25-14-16-26(17-15-25)38(41)42/h1-20H,(H,35,39,43)/b28-18-. The fourth-order valence-electron chi connectivity index (χ4n) is 5.01. The summed E-state index contributed by atoms with van der Waals surface area (Å²) in [5.74, 6) is -1.96. The minimum atomic E-state index is -0.706. The predicted molar refractivity (Wildman–Crippen MR) is 166 cm³/mol. The van der Waals surface area contributed by atoms with Crippen LogP contribution >= 0.6 is 12.2 Å². The molecular weight excluding hydrogens is 567 g/mol. The Hall–Kier alpha value is -5.74. The van der Waals surface area contributed by atoms with Gasteiger partial charge in [0.15, 0.2) is 5.11 Å². The van der Waals surface area contributed by atoms with Crippen molar-refractivity contribution in [2.75, 3.05) is 4.90 Å². The minimum absolute atomic E-state index is 0.0568. The van der Waals surface area contributed by atoms with Crippen molar-refractivity contribution in [3.05, 3.63) is 142 Å². The highest BCUT2D eigenvalue weighted by Gasteiger charge is 2.35. The molecule has 0 radical (unpaired) electrons. The van der Waals surface area contributed by atoms with Crippen molar-refractivity contribution in [1.82, 2.24) is 9.88 Å². The predicted octanol–water partition coefficient (Wildman–Crippen LogP) is 6.69. The zero-order valence-corrected chi connectivity index (χ0v) is 23.1. The van der Waals surface area contributed by atoms with Gasteiger partial charge < -0.3 is 4.57 Å². The number of carbonyl (C=O) groups is 2. The minimum Gasteiger partial charge on any atom is -0.309 e. The number of nitrogens with one attached hydrogen (secondary N) is 1.